The first-order chi connectivity index (χ1) is 8.94. The van der Waals surface area contributed by atoms with Crippen LogP contribution in [0.2, 0.25) is 0 Å². The highest BCUT2D eigenvalue weighted by Gasteiger charge is 2.32. The zero-order valence-corrected chi connectivity index (χ0v) is 12.1. The lowest BCUT2D eigenvalue weighted by Crippen LogP contribution is -2.61. The molecule has 1 atom stereocenters. The van der Waals surface area contributed by atoms with E-state index in [1.54, 1.807) is 0 Å². The van der Waals surface area contributed by atoms with Gasteiger partial charge in [0.15, 0.2) is 0 Å². The second-order valence-corrected chi connectivity index (χ2v) is 5.75. The molecule has 0 aromatic heterocycles. The number of ether oxygens (including phenoxy) is 1. The third-order valence-corrected chi connectivity index (χ3v) is 3.59. The van der Waals surface area contributed by atoms with Crippen LogP contribution in [0.1, 0.15) is 31.1 Å². The number of benzene rings is 1. The Hall–Kier alpha value is -1.55. The third kappa shape index (κ3) is 2.89. The van der Waals surface area contributed by atoms with Crippen molar-refractivity contribution in [1.29, 1.82) is 0 Å². The van der Waals surface area contributed by atoms with Gasteiger partial charge in [-0.25, -0.2) is 4.79 Å². The van der Waals surface area contributed by atoms with E-state index in [1.807, 2.05) is 24.3 Å². The van der Waals surface area contributed by atoms with Gasteiger partial charge >= 0.3 is 5.97 Å². The average Bonchev–Trinajstić information content (AvgIpc) is 2.41. The number of methoxy groups -OCH3 is 1. The monoisotopic (exact) mass is 262 g/mol. The number of hydrogen-bond donors (Lipinski definition) is 1. The maximum absolute atomic E-state index is 11.9. The number of anilines is 1. The highest BCUT2D eigenvalue weighted by Crippen LogP contribution is 2.27. The normalized spacial score (nSPS) is 22.1. The fourth-order valence-electron chi connectivity index (χ4n) is 2.50. The summed E-state index contributed by atoms with van der Waals surface area (Å²) in [4.78, 5) is 14.2. The van der Waals surface area contributed by atoms with Crippen molar-refractivity contribution in [2.75, 3.05) is 25.1 Å². The molecule has 1 aliphatic heterocycles. The Morgan fingerprint density at radius 2 is 2.11 bits per heavy atom. The molecule has 0 aliphatic carbocycles. The number of para-hydroxylation sites is 1. The quantitative estimate of drug-likeness (QED) is 0.828. The third-order valence-electron chi connectivity index (χ3n) is 3.59. The maximum Gasteiger partial charge on any atom is 0.339 e. The Balaban J connectivity index is 2.37. The molecule has 1 aromatic rings. The summed E-state index contributed by atoms with van der Waals surface area (Å²) >= 11 is 0. The maximum atomic E-state index is 11.9. The van der Waals surface area contributed by atoms with E-state index in [1.165, 1.54) is 7.11 Å². The van der Waals surface area contributed by atoms with Crippen molar-refractivity contribution in [2.24, 2.45) is 0 Å². The minimum atomic E-state index is -0.279. The Bertz CT molecular complexity index is 471. The molecule has 1 saturated heterocycles. The van der Waals surface area contributed by atoms with Crippen molar-refractivity contribution in [3.63, 3.8) is 0 Å². The van der Waals surface area contributed by atoms with Crippen molar-refractivity contribution in [3.05, 3.63) is 29.8 Å². The molecular weight excluding hydrogens is 240 g/mol. The standard InChI is InChI=1S/C15H22N2O2/c1-11-9-16-15(2,3)10-17(11)13-8-6-5-7-12(13)14(18)19-4/h5-8,11,16H,9-10H2,1-4H3. The van der Waals surface area contributed by atoms with Gasteiger partial charge in [0.1, 0.15) is 0 Å². The van der Waals surface area contributed by atoms with Crippen LogP contribution in [-0.2, 0) is 4.74 Å². The van der Waals surface area contributed by atoms with Crippen LogP contribution in [0, 0.1) is 0 Å². The van der Waals surface area contributed by atoms with E-state index >= 15 is 0 Å². The molecule has 4 nitrogen and oxygen atoms in total. The van der Waals surface area contributed by atoms with Crippen LogP contribution in [0.3, 0.4) is 0 Å². The lowest BCUT2D eigenvalue weighted by atomic mass is 9.97. The van der Waals surface area contributed by atoms with Gasteiger partial charge in [-0.05, 0) is 32.9 Å². The predicted octanol–water partition coefficient (Wildman–Crippen LogP) is 2.05. The molecule has 0 saturated carbocycles. The van der Waals surface area contributed by atoms with Crippen LogP contribution < -0.4 is 10.2 Å². The van der Waals surface area contributed by atoms with Gasteiger partial charge in [0.05, 0.1) is 18.4 Å². The fourth-order valence-corrected chi connectivity index (χ4v) is 2.50. The lowest BCUT2D eigenvalue weighted by molar-refractivity contribution is 0.0601. The van der Waals surface area contributed by atoms with Crippen LogP contribution >= 0.6 is 0 Å². The summed E-state index contributed by atoms with van der Waals surface area (Å²) in [5, 5.41) is 3.51. The molecule has 4 heteroatoms. The largest absolute Gasteiger partial charge is 0.465 e. The topological polar surface area (TPSA) is 41.6 Å². The zero-order chi connectivity index (χ0) is 14.0. The number of nitrogens with zero attached hydrogens (tertiary/aromatic N) is 1. The van der Waals surface area contributed by atoms with Crippen molar-refractivity contribution in [3.8, 4) is 0 Å². The van der Waals surface area contributed by atoms with Gasteiger partial charge < -0.3 is 15.0 Å². The molecule has 0 bridgehead atoms. The van der Waals surface area contributed by atoms with E-state index in [4.69, 9.17) is 4.74 Å². The molecule has 1 aliphatic rings. The molecule has 0 radical (unpaired) electrons. The van der Waals surface area contributed by atoms with Crippen LogP contribution in [0.25, 0.3) is 0 Å². The molecule has 104 valence electrons. The lowest BCUT2D eigenvalue weighted by Gasteiger charge is -2.45. The van der Waals surface area contributed by atoms with Gasteiger partial charge in [-0.2, -0.15) is 0 Å². The van der Waals surface area contributed by atoms with E-state index in [2.05, 4.69) is 31.0 Å². The van der Waals surface area contributed by atoms with E-state index in [-0.39, 0.29) is 11.5 Å². The minimum Gasteiger partial charge on any atom is -0.465 e. The Morgan fingerprint density at radius 3 is 2.79 bits per heavy atom. The fraction of sp³-hybridized carbons (Fsp3) is 0.533. The van der Waals surface area contributed by atoms with E-state index in [0.717, 1.165) is 18.8 Å². The van der Waals surface area contributed by atoms with Gasteiger partial charge in [-0.3, -0.25) is 0 Å². The van der Waals surface area contributed by atoms with Gasteiger partial charge in [-0.15, -0.1) is 0 Å². The number of esters is 1. The summed E-state index contributed by atoms with van der Waals surface area (Å²) in [6.07, 6.45) is 0. The van der Waals surface area contributed by atoms with Crippen molar-refractivity contribution >= 4 is 11.7 Å². The Labute approximate surface area is 114 Å². The summed E-state index contributed by atoms with van der Waals surface area (Å²) in [7, 11) is 1.42. The van der Waals surface area contributed by atoms with Gasteiger partial charge in [0.2, 0.25) is 0 Å². The second kappa shape index (κ2) is 5.21. The average molecular weight is 262 g/mol. The smallest absolute Gasteiger partial charge is 0.339 e. The number of carbonyl (C=O) groups is 1. The van der Waals surface area contributed by atoms with Crippen LogP contribution in [0.4, 0.5) is 5.69 Å². The summed E-state index contributed by atoms with van der Waals surface area (Å²) in [6, 6.07) is 7.99. The zero-order valence-electron chi connectivity index (χ0n) is 12.1. The summed E-state index contributed by atoms with van der Waals surface area (Å²) < 4.78 is 4.87. The van der Waals surface area contributed by atoms with Gasteiger partial charge in [0, 0.05) is 24.7 Å². The molecule has 1 N–H and O–H groups in total. The van der Waals surface area contributed by atoms with E-state index in [0.29, 0.717) is 11.6 Å². The van der Waals surface area contributed by atoms with Crippen LogP contribution in [-0.4, -0.2) is 37.7 Å². The van der Waals surface area contributed by atoms with Crippen LogP contribution in [0.5, 0.6) is 0 Å². The minimum absolute atomic E-state index is 0.0374. The van der Waals surface area contributed by atoms with Gasteiger partial charge in [-0.1, -0.05) is 12.1 Å². The predicted molar refractivity (Wildman–Crippen MR) is 76.7 cm³/mol. The van der Waals surface area contributed by atoms with Crippen molar-refractivity contribution in [2.45, 2.75) is 32.4 Å². The highest BCUT2D eigenvalue weighted by atomic mass is 16.5. The molecular formula is C15H22N2O2. The summed E-state index contributed by atoms with van der Waals surface area (Å²) in [6.45, 7) is 8.28. The van der Waals surface area contributed by atoms with E-state index in [9.17, 15) is 4.79 Å². The molecule has 19 heavy (non-hydrogen) atoms. The summed E-state index contributed by atoms with van der Waals surface area (Å²) in [5.74, 6) is -0.279. The van der Waals surface area contributed by atoms with Crippen molar-refractivity contribution in [1.82, 2.24) is 5.32 Å². The summed E-state index contributed by atoms with van der Waals surface area (Å²) in [5.41, 5.74) is 1.63. The second-order valence-electron chi connectivity index (χ2n) is 5.75. The molecule has 0 spiro atoms. The highest BCUT2D eigenvalue weighted by molar-refractivity contribution is 5.95. The Kier molecular flexibility index (Phi) is 3.80. The molecule has 1 aromatic carbocycles. The molecule has 1 fully saturated rings. The number of nitrogens with one attached hydrogen (secondary N) is 1. The number of carbonyl (C=O) groups excluding carboxylic acids is 1. The molecule has 1 unspecified atom stereocenters. The Morgan fingerprint density at radius 1 is 1.42 bits per heavy atom. The first kappa shape index (κ1) is 13.9. The van der Waals surface area contributed by atoms with Gasteiger partial charge in [0.25, 0.3) is 0 Å². The SMILES string of the molecule is COC(=O)c1ccccc1N1CC(C)(C)NCC1C. The van der Waals surface area contributed by atoms with E-state index < -0.39 is 0 Å². The first-order valence-corrected chi connectivity index (χ1v) is 6.63. The number of piperazine rings is 1. The molecule has 1 heterocycles. The number of rotatable bonds is 2. The number of hydrogen-bond acceptors (Lipinski definition) is 4. The van der Waals surface area contributed by atoms with Crippen LogP contribution in [0.15, 0.2) is 24.3 Å². The molecule has 2 rings (SSSR count). The van der Waals surface area contributed by atoms with Crippen molar-refractivity contribution < 1.29 is 9.53 Å². The first-order valence-electron chi connectivity index (χ1n) is 6.63. The molecule has 0 amide bonds.